The number of carbonyl (C=O) groups is 1. The van der Waals surface area contributed by atoms with Gasteiger partial charge in [-0.2, -0.15) is 0 Å². The van der Waals surface area contributed by atoms with E-state index in [1.807, 2.05) is 38.1 Å². The second-order valence-corrected chi connectivity index (χ2v) is 6.89. The number of amides is 1. The van der Waals surface area contributed by atoms with Gasteiger partial charge in [0.15, 0.2) is 0 Å². The molecular weight excluding hydrogens is 329 g/mol. The topological polar surface area (TPSA) is 29.5 Å². The van der Waals surface area contributed by atoms with Gasteiger partial charge in [0.05, 0.1) is 6.04 Å². The van der Waals surface area contributed by atoms with Gasteiger partial charge in [0.25, 0.3) is 0 Å². The molecule has 2 aromatic rings. The van der Waals surface area contributed by atoms with E-state index in [1.54, 1.807) is 23.1 Å². The van der Waals surface area contributed by atoms with E-state index in [2.05, 4.69) is 6.58 Å². The summed E-state index contributed by atoms with van der Waals surface area (Å²) in [5.41, 5.74) is 2.28. The van der Waals surface area contributed by atoms with E-state index in [1.165, 1.54) is 17.7 Å². The van der Waals surface area contributed by atoms with E-state index in [-0.39, 0.29) is 18.0 Å². The molecule has 1 amide bonds. The van der Waals surface area contributed by atoms with Gasteiger partial charge in [0, 0.05) is 19.4 Å². The van der Waals surface area contributed by atoms with Crippen LogP contribution < -0.4 is 0 Å². The fourth-order valence-electron chi connectivity index (χ4n) is 3.50. The minimum absolute atomic E-state index is 0.0713. The fourth-order valence-corrected chi connectivity index (χ4v) is 3.50. The number of rotatable bonds is 5. The first-order chi connectivity index (χ1) is 12.4. The number of halogens is 1. The number of aryl methyl sites for hydroxylation is 1. The third kappa shape index (κ3) is 3.50. The van der Waals surface area contributed by atoms with Crippen molar-refractivity contribution in [1.29, 1.82) is 0 Å². The molecule has 2 aromatic carbocycles. The highest BCUT2D eigenvalue weighted by atomic mass is 19.1. The average molecular weight is 353 g/mol. The number of hydrogen-bond donors (Lipinski definition) is 0. The number of benzene rings is 2. The zero-order chi connectivity index (χ0) is 18.7. The Morgan fingerprint density at radius 3 is 2.46 bits per heavy atom. The minimum Gasteiger partial charge on any atom is -0.437 e. The Balaban J connectivity index is 1.83. The van der Waals surface area contributed by atoms with Gasteiger partial charge in [-0.15, -0.1) is 6.58 Å². The van der Waals surface area contributed by atoms with E-state index in [0.717, 1.165) is 11.1 Å². The van der Waals surface area contributed by atoms with Crippen molar-refractivity contribution < 1.29 is 13.9 Å². The Kier molecular flexibility index (Phi) is 5.12. The van der Waals surface area contributed by atoms with Gasteiger partial charge < -0.3 is 9.64 Å². The van der Waals surface area contributed by atoms with Crippen molar-refractivity contribution in [3.63, 3.8) is 0 Å². The first-order valence-corrected chi connectivity index (χ1v) is 8.88. The molecule has 3 rings (SSSR count). The molecule has 0 radical (unpaired) electrons. The van der Waals surface area contributed by atoms with E-state index in [0.29, 0.717) is 19.4 Å². The Bertz CT molecular complexity index is 785. The van der Waals surface area contributed by atoms with Crippen LogP contribution in [0.2, 0.25) is 0 Å². The van der Waals surface area contributed by atoms with Crippen molar-refractivity contribution in [3.8, 4) is 0 Å². The highest BCUT2D eigenvalue weighted by Crippen LogP contribution is 2.39. The first kappa shape index (κ1) is 18.2. The lowest BCUT2D eigenvalue weighted by atomic mass is 9.85. The highest BCUT2D eigenvalue weighted by Gasteiger charge is 2.42. The number of hydrogen-bond acceptors (Lipinski definition) is 2. The van der Waals surface area contributed by atoms with Crippen molar-refractivity contribution in [2.75, 3.05) is 6.54 Å². The van der Waals surface area contributed by atoms with Crippen LogP contribution in [0.15, 0.2) is 61.2 Å². The monoisotopic (exact) mass is 353 g/mol. The predicted molar refractivity (Wildman–Crippen MR) is 100 cm³/mol. The molecule has 1 saturated heterocycles. The first-order valence-electron chi connectivity index (χ1n) is 8.88. The summed E-state index contributed by atoms with van der Waals surface area (Å²) in [6, 6.07) is 14.3. The molecule has 3 nitrogen and oxygen atoms in total. The summed E-state index contributed by atoms with van der Waals surface area (Å²) in [5.74, 6) is -0.306. The largest absolute Gasteiger partial charge is 0.437 e. The summed E-state index contributed by atoms with van der Waals surface area (Å²) < 4.78 is 19.2. The SMILES string of the molecule is C=CC[C@]1(c2ccc(F)cc2)CCN([C@H](C)c2ccc(C)cc2)C(=O)O1. The van der Waals surface area contributed by atoms with Crippen LogP contribution in [0.4, 0.5) is 9.18 Å². The Morgan fingerprint density at radius 2 is 1.88 bits per heavy atom. The normalized spacial score (nSPS) is 21.2. The minimum atomic E-state index is -0.782. The maximum absolute atomic E-state index is 13.3. The van der Waals surface area contributed by atoms with Gasteiger partial charge in [-0.3, -0.25) is 0 Å². The van der Waals surface area contributed by atoms with Crippen molar-refractivity contribution in [2.24, 2.45) is 0 Å². The molecule has 2 atom stereocenters. The third-order valence-electron chi connectivity index (χ3n) is 5.15. The molecule has 0 unspecified atom stereocenters. The van der Waals surface area contributed by atoms with Gasteiger partial charge in [-0.25, -0.2) is 9.18 Å². The number of nitrogens with zero attached hydrogens (tertiary/aromatic N) is 1. The van der Waals surface area contributed by atoms with Crippen molar-refractivity contribution >= 4 is 6.09 Å². The van der Waals surface area contributed by atoms with Gasteiger partial charge in [-0.05, 0) is 37.1 Å². The van der Waals surface area contributed by atoms with E-state index in [4.69, 9.17) is 4.74 Å². The molecule has 1 heterocycles. The molecule has 0 aliphatic carbocycles. The summed E-state index contributed by atoms with van der Waals surface area (Å²) in [4.78, 5) is 14.5. The number of ether oxygens (including phenoxy) is 1. The van der Waals surface area contributed by atoms with Crippen LogP contribution in [0.3, 0.4) is 0 Å². The molecule has 0 saturated carbocycles. The van der Waals surface area contributed by atoms with E-state index < -0.39 is 5.60 Å². The van der Waals surface area contributed by atoms with Crippen molar-refractivity contribution in [1.82, 2.24) is 4.90 Å². The Morgan fingerprint density at radius 1 is 1.23 bits per heavy atom. The van der Waals surface area contributed by atoms with Crippen LogP contribution in [-0.2, 0) is 10.3 Å². The zero-order valence-electron chi connectivity index (χ0n) is 15.2. The van der Waals surface area contributed by atoms with Crippen molar-refractivity contribution in [2.45, 2.75) is 38.3 Å². The standard InChI is InChI=1S/C22H24FNO2/c1-4-13-22(19-9-11-20(23)12-10-19)14-15-24(21(25)26-22)17(3)18-7-5-16(2)6-8-18/h4-12,17H,1,13-15H2,2-3H3/t17-,22-/m1/s1. The molecule has 26 heavy (non-hydrogen) atoms. The lowest BCUT2D eigenvalue weighted by molar-refractivity contribution is -0.0588. The summed E-state index contributed by atoms with van der Waals surface area (Å²) in [6.07, 6.45) is 2.52. The molecule has 0 N–H and O–H groups in total. The van der Waals surface area contributed by atoms with Crippen LogP contribution >= 0.6 is 0 Å². The van der Waals surface area contributed by atoms with Crippen LogP contribution in [0.5, 0.6) is 0 Å². The summed E-state index contributed by atoms with van der Waals surface area (Å²) in [6.45, 7) is 8.41. The molecule has 0 aromatic heterocycles. The van der Waals surface area contributed by atoms with E-state index >= 15 is 0 Å². The Hall–Kier alpha value is -2.62. The maximum Gasteiger partial charge on any atom is 0.411 e. The van der Waals surface area contributed by atoms with Crippen LogP contribution in [-0.4, -0.2) is 17.5 Å². The molecular formula is C22H24FNO2. The molecule has 1 fully saturated rings. The molecule has 0 spiro atoms. The van der Waals surface area contributed by atoms with Crippen molar-refractivity contribution in [3.05, 3.63) is 83.7 Å². The predicted octanol–water partition coefficient (Wildman–Crippen LogP) is 5.51. The van der Waals surface area contributed by atoms with Gasteiger partial charge in [-0.1, -0.05) is 48.0 Å². The zero-order valence-corrected chi connectivity index (χ0v) is 15.2. The molecule has 1 aliphatic rings. The Labute approximate surface area is 154 Å². The summed E-state index contributed by atoms with van der Waals surface area (Å²) >= 11 is 0. The fraction of sp³-hybridized carbons (Fsp3) is 0.318. The number of cyclic esters (lactones) is 1. The smallest absolute Gasteiger partial charge is 0.411 e. The molecule has 136 valence electrons. The lowest BCUT2D eigenvalue weighted by Gasteiger charge is -2.43. The number of carbonyl (C=O) groups excluding carboxylic acids is 1. The van der Waals surface area contributed by atoms with Gasteiger partial charge >= 0.3 is 6.09 Å². The quantitative estimate of drug-likeness (QED) is 0.663. The lowest BCUT2D eigenvalue weighted by Crippen LogP contribution is -2.48. The third-order valence-corrected chi connectivity index (χ3v) is 5.15. The van der Waals surface area contributed by atoms with Gasteiger partial charge in [0.1, 0.15) is 11.4 Å². The molecule has 0 bridgehead atoms. The second-order valence-electron chi connectivity index (χ2n) is 6.89. The second kappa shape index (κ2) is 7.32. The van der Waals surface area contributed by atoms with Crippen LogP contribution in [0, 0.1) is 12.7 Å². The van der Waals surface area contributed by atoms with Crippen LogP contribution in [0.25, 0.3) is 0 Å². The van der Waals surface area contributed by atoms with E-state index in [9.17, 15) is 9.18 Å². The summed E-state index contributed by atoms with van der Waals surface area (Å²) in [5, 5.41) is 0. The van der Waals surface area contributed by atoms with Crippen LogP contribution in [0.1, 0.15) is 42.5 Å². The van der Waals surface area contributed by atoms with Gasteiger partial charge in [0.2, 0.25) is 0 Å². The average Bonchev–Trinajstić information content (AvgIpc) is 2.63. The highest BCUT2D eigenvalue weighted by molar-refractivity contribution is 5.70. The molecule has 4 heteroatoms. The summed E-state index contributed by atoms with van der Waals surface area (Å²) in [7, 11) is 0. The maximum atomic E-state index is 13.3. The molecule has 1 aliphatic heterocycles.